The van der Waals surface area contributed by atoms with E-state index in [2.05, 4.69) is 91.9 Å². The monoisotopic (exact) mass is 452 g/mol. The summed E-state index contributed by atoms with van der Waals surface area (Å²) in [6.07, 6.45) is -0.333. The van der Waals surface area contributed by atoms with Gasteiger partial charge in [-0.3, -0.25) is 0 Å². The van der Waals surface area contributed by atoms with Gasteiger partial charge in [-0.25, -0.2) is 0 Å². The zero-order valence-electron chi connectivity index (χ0n) is 19.4. The fourth-order valence-corrected chi connectivity index (χ4v) is 6.34. The average Bonchev–Trinajstić information content (AvgIpc) is 2.89. The molecule has 0 saturated carbocycles. The van der Waals surface area contributed by atoms with Crippen molar-refractivity contribution in [1.29, 1.82) is 0 Å². The van der Waals surface area contributed by atoms with E-state index in [1.54, 1.807) is 0 Å². The van der Waals surface area contributed by atoms with Crippen LogP contribution in [0.5, 0.6) is 0 Å². The van der Waals surface area contributed by atoms with Crippen LogP contribution in [0.15, 0.2) is 97.1 Å². The Morgan fingerprint density at radius 2 is 1.43 bits per heavy atom. The van der Waals surface area contributed by atoms with Gasteiger partial charge in [-0.05, 0) is 72.6 Å². The number of aldehydes is 1. The Kier molecular flexibility index (Phi) is 4.36. The Morgan fingerprint density at radius 1 is 0.714 bits per heavy atom. The Balaban J connectivity index is 1.45. The lowest BCUT2D eigenvalue weighted by atomic mass is 9.62. The number of aliphatic hydroxyl groups is 1. The lowest BCUT2D eigenvalue weighted by Gasteiger charge is -2.42. The maximum atomic E-state index is 11.6. The van der Waals surface area contributed by atoms with Crippen LogP contribution in [0.4, 0.5) is 0 Å². The molecule has 0 fully saturated rings. The lowest BCUT2D eigenvalue weighted by Crippen LogP contribution is -2.35. The zero-order valence-corrected chi connectivity index (χ0v) is 19.4. The Labute approximate surface area is 203 Å². The van der Waals surface area contributed by atoms with E-state index in [4.69, 9.17) is 0 Å². The van der Waals surface area contributed by atoms with Gasteiger partial charge in [0.25, 0.3) is 0 Å². The van der Waals surface area contributed by atoms with Gasteiger partial charge in [-0.15, -0.1) is 0 Å². The van der Waals surface area contributed by atoms with Crippen molar-refractivity contribution in [3.05, 3.63) is 119 Å². The van der Waals surface area contributed by atoms with Gasteiger partial charge in [0.2, 0.25) is 0 Å². The second-order valence-electron chi connectivity index (χ2n) is 9.80. The van der Waals surface area contributed by atoms with Crippen molar-refractivity contribution in [2.24, 2.45) is 0 Å². The van der Waals surface area contributed by atoms with Gasteiger partial charge in [0, 0.05) is 11.8 Å². The first-order valence-corrected chi connectivity index (χ1v) is 12.2. The number of carbonyl (C=O) groups excluding carboxylic acids is 1. The van der Waals surface area contributed by atoms with Crippen LogP contribution < -0.4 is 0 Å². The Bertz CT molecular complexity index is 1750. The van der Waals surface area contributed by atoms with Gasteiger partial charge in [0.1, 0.15) is 12.4 Å². The first-order valence-electron chi connectivity index (χ1n) is 12.2. The summed E-state index contributed by atoms with van der Waals surface area (Å²) in [5, 5.41) is 18.2. The molecule has 0 bridgehead atoms. The van der Waals surface area contributed by atoms with E-state index in [0.717, 1.165) is 5.56 Å². The standard InChI is InChI=1S/C33H24O2/c1-19-5-2-3-8-24(19)32-28-17-23(13-16-27(28)33(32)29(35)18-34)25-14-11-22-10-9-20-6-4-7-21-12-15-26(25)31(22)30(20)21/h2-18,29,32-33,35H,1H3. The summed E-state index contributed by atoms with van der Waals surface area (Å²) in [6.45, 7) is 2.10. The third-order valence-electron chi connectivity index (χ3n) is 8.01. The van der Waals surface area contributed by atoms with E-state index in [1.807, 2.05) is 12.1 Å². The fraction of sp³-hybridized carbons (Fsp3) is 0.121. The largest absolute Gasteiger partial charge is 0.385 e. The van der Waals surface area contributed by atoms with E-state index < -0.39 is 6.10 Å². The first-order chi connectivity index (χ1) is 17.2. The van der Waals surface area contributed by atoms with E-state index in [0.29, 0.717) is 6.29 Å². The van der Waals surface area contributed by atoms with Crippen LogP contribution in [-0.4, -0.2) is 17.5 Å². The van der Waals surface area contributed by atoms with Gasteiger partial charge < -0.3 is 9.90 Å². The van der Waals surface area contributed by atoms with Gasteiger partial charge in [0.05, 0.1) is 0 Å². The van der Waals surface area contributed by atoms with Gasteiger partial charge in [-0.2, -0.15) is 0 Å². The maximum absolute atomic E-state index is 11.6. The van der Waals surface area contributed by atoms with Crippen LogP contribution in [0.1, 0.15) is 34.1 Å². The lowest BCUT2D eigenvalue weighted by molar-refractivity contribution is -0.116. The molecule has 3 unspecified atom stereocenters. The molecule has 0 amide bonds. The van der Waals surface area contributed by atoms with Crippen molar-refractivity contribution in [2.45, 2.75) is 24.9 Å². The molecular weight excluding hydrogens is 428 g/mol. The van der Waals surface area contributed by atoms with E-state index in [1.165, 1.54) is 60.1 Å². The van der Waals surface area contributed by atoms with Crippen molar-refractivity contribution in [3.63, 3.8) is 0 Å². The number of benzene rings is 6. The van der Waals surface area contributed by atoms with Crippen LogP contribution in [0.25, 0.3) is 43.4 Å². The molecule has 0 radical (unpaired) electrons. The molecule has 1 aliphatic carbocycles. The van der Waals surface area contributed by atoms with E-state index in [-0.39, 0.29) is 11.8 Å². The Hall–Kier alpha value is -4.01. The van der Waals surface area contributed by atoms with Crippen LogP contribution in [0.2, 0.25) is 0 Å². The van der Waals surface area contributed by atoms with Gasteiger partial charge in [0.15, 0.2) is 0 Å². The molecule has 1 N–H and O–H groups in total. The SMILES string of the molecule is Cc1ccccc1C1c2cc(-c3ccc4ccc5cccc6ccc3c4c56)ccc2C1C(O)C=O. The van der Waals surface area contributed by atoms with Gasteiger partial charge >= 0.3 is 0 Å². The molecule has 35 heavy (non-hydrogen) atoms. The van der Waals surface area contributed by atoms with Crippen LogP contribution >= 0.6 is 0 Å². The quantitative estimate of drug-likeness (QED) is 0.224. The highest BCUT2D eigenvalue weighted by Crippen LogP contribution is 2.54. The summed E-state index contributed by atoms with van der Waals surface area (Å²) in [5.41, 5.74) is 7.01. The molecule has 0 aliphatic heterocycles. The van der Waals surface area contributed by atoms with Crippen LogP contribution in [0, 0.1) is 6.92 Å². The molecule has 7 rings (SSSR count). The van der Waals surface area contributed by atoms with Gasteiger partial charge in [-0.1, -0.05) is 97.1 Å². The number of aryl methyl sites for hydroxylation is 1. The van der Waals surface area contributed by atoms with Crippen LogP contribution in [-0.2, 0) is 4.79 Å². The van der Waals surface area contributed by atoms with Crippen molar-refractivity contribution in [3.8, 4) is 11.1 Å². The molecule has 6 aromatic carbocycles. The number of rotatable bonds is 4. The number of hydrogen-bond donors (Lipinski definition) is 1. The predicted molar refractivity (Wildman–Crippen MR) is 143 cm³/mol. The van der Waals surface area contributed by atoms with E-state index in [9.17, 15) is 9.90 Å². The predicted octanol–water partition coefficient (Wildman–Crippen LogP) is 7.35. The Morgan fingerprint density at radius 3 is 2.20 bits per heavy atom. The molecule has 168 valence electrons. The third-order valence-corrected chi connectivity index (χ3v) is 8.01. The highest BCUT2D eigenvalue weighted by molar-refractivity contribution is 6.25. The second kappa shape index (κ2) is 7.49. The average molecular weight is 453 g/mol. The summed E-state index contributed by atoms with van der Waals surface area (Å²) < 4.78 is 0. The summed E-state index contributed by atoms with van der Waals surface area (Å²) in [7, 11) is 0. The smallest absolute Gasteiger partial charge is 0.149 e. The molecule has 6 aromatic rings. The van der Waals surface area contributed by atoms with E-state index >= 15 is 0 Å². The minimum Gasteiger partial charge on any atom is -0.385 e. The van der Waals surface area contributed by atoms with Crippen molar-refractivity contribution in [1.82, 2.24) is 0 Å². The number of carbonyl (C=O) groups is 1. The van der Waals surface area contributed by atoms with Crippen molar-refractivity contribution < 1.29 is 9.90 Å². The first kappa shape index (κ1) is 20.4. The molecule has 0 spiro atoms. The minimum atomic E-state index is -1.01. The third kappa shape index (κ3) is 2.84. The van der Waals surface area contributed by atoms with Crippen molar-refractivity contribution >= 4 is 38.6 Å². The maximum Gasteiger partial charge on any atom is 0.149 e. The number of hydrogen-bond acceptors (Lipinski definition) is 2. The topological polar surface area (TPSA) is 37.3 Å². The summed E-state index contributed by atoms with van der Waals surface area (Å²) in [6, 6.07) is 34.6. The molecule has 1 aliphatic rings. The number of aliphatic hydroxyl groups excluding tert-OH is 1. The summed E-state index contributed by atoms with van der Waals surface area (Å²) in [5.74, 6) is -0.204. The highest BCUT2D eigenvalue weighted by atomic mass is 16.3. The molecule has 2 heteroatoms. The molecule has 0 heterocycles. The normalized spacial score (nSPS) is 18.0. The molecule has 2 nitrogen and oxygen atoms in total. The summed E-state index contributed by atoms with van der Waals surface area (Å²) in [4.78, 5) is 11.6. The van der Waals surface area contributed by atoms with Crippen molar-refractivity contribution in [2.75, 3.05) is 0 Å². The molecule has 0 aromatic heterocycles. The highest BCUT2D eigenvalue weighted by Gasteiger charge is 2.43. The summed E-state index contributed by atoms with van der Waals surface area (Å²) >= 11 is 0. The minimum absolute atomic E-state index is 0.00568. The molecular formula is C33H24O2. The van der Waals surface area contributed by atoms with Crippen LogP contribution in [0.3, 0.4) is 0 Å². The number of fused-ring (bicyclic) bond motifs is 1. The zero-order chi connectivity index (χ0) is 23.7. The molecule has 3 atom stereocenters. The fourth-order valence-electron chi connectivity index (χ4n) is 6.34. The molecule has 0 saturated heterocycles. The second-order valence-corrected chi connectivity index (χ2v) is 9.80.